The number of nitrogens with zero attached hydrogens (tertiary/aromatic N) is 12. The maximum atomic E-state index is 11.8. The Kier molecular flexibility index (Phi) is 86.2. The molecule has 8 amide bonds. The van der Waals surface area contributed by atoms with E-state index in [2.05, 4.69) is 20.0 Å². The number of methoxy groups -OCH3 is 4. The van der Waals surface area contributed by atoms with Gasteiger partial charge in [0.2, 0.25) is 51.3 Å². The summed E-state index contributed by atoms with van der Waals surface area (Å²) in [5.74, 6) is -0.646. The van der Waals surface area contributed by atoms with E-state index >= 15 is 0 Å². The number of aliphatic imine (C=N–C) groups is 4. The maximum Gasteiger partial charge on any atom is 3.00 e. The van der Waals surface area contributed by atoms with Crippen LogP contribution in [0.1, 0.15) is 22.3 Å². The summed E-state index contributed by atoms with van der Waals surface area (Å²) in [6.45, 7) is 0. The minimum atomic E-state index is -6.09. The number of benzene rings is 8. The molecule has 8 rings (SSSR count). The average Bonchev–Trinajstić information content (AvgIpc) is 0.762. The van der Waals surface area contributed by atoms with E-state index in [0.717, 1.165) is 51.3 Å². The van der Waals surface area contributed by atoms with Gasteiger partial charge in [0, 0.05) is 176 Å². The topological polar surface area (TPSA) is 548 Å². The smallest absolute Gasteiger partial charge is 0.871 e. The molecule has 0 saturated carbocycles. The van der Waals surface area contributed by atoms with Crippen molar-refractivity contribution in [1.29, 1.82) is 0 Å². The summed E-state index contributed by atoms with van der Waals surface area (Å²) >= 11 is 0. The van der Waals surface area contributed by atoms with E-state index in [-0.39, 0.29) is 178 Å². The summed E-state index contributed by atoms with van der Waals surface area (Å²) in [5, 5.41) is 93.0. The molecule has 0 aliphatic carbocycles. The standard InChI is InChI=1S/4C14H13NO3.8C3H7NO.2CHF3O3S.2Dy.2Ni/c4*1-18-13-8-4-5-10(14(13)17)9-15-11-6-2-3-7-12(11)16;8*1-4(2)3-5;2*2-1(3,4)8(5,6)7;;;;/h4*2-9,16-17H,1H3;8*3H,1-2H3;2*(H,5,6,7);;;;/q;;;;;;;;;;;;;;;+3;+2;+3/p-10. The third-order valence-corrected chi connectivity index (χ3v) is 13.1. The van der Waals surface area contributed by atoms with Gasteiger partial charge in [-0.2, -0.15) is 26.3 Å². The Balaban J connectivity index is -0.000000157. The van der Waals surface area contributed by atoms with Crippen molar-refractivity contribution in [3.8, 4) is 69.0 Å². The van der Waals surface area contributed by atoms with Crippen LogP contribution in [0.3, 0.4) is 0 Å². The average molecular weight is 2290 g/mol. The molecule has 38 nitrogen and oxygen atoms in total. The maximum absolute atomic E-state index is 11.8. The molecule has 0 saturated heterocycles. The summed E-state index contributed by atoms with van der Waals surface area (Å²) in [6, 6.07) is 45.2. The first kappa shape index (κ1) is 141. The molecule has 0 spiro atoms. The van der Waals surface area contributed by atoms with E-state index in [9.17, 15) is 106 Å². The third-order valence-electron chi connectivity index (χ3n) is 12.0. The number of rotatable bonds is 20. The quantitative estimate of drug-likeness (QED) is 0.0259. The SMILES string of the molecule is CN(C)C=O.CN(C)C=O.CN(C)C=O.CN(C)C=O.CN(C)C=O.CN(C)C=O.CN(C)C=O.CN(C)C=O.COc1cccc(C=Nc2ccccc2[O-])c1[O-].COc1cccc(C=Nc2ccccc2[O-])c1[O-].COc1cccc(C=Nc2ccccc2[O-])c1[O-].COc1cccc(C=Nc2ccccc2[O-])c1[O-].O=S(=O)([O-])C(F)(F)F.O=S(=O)([O-])C(F)(F)F.[Dy+3].[Dy].[Ni+2].[Ni+3]. The van der Waals surface area contributed by atoms with E-state index in [1.807, 2.05) is 0 Å². The summed E-state index contributed by atoms with van der Waals surface area (Å²) in [4.78, 5) is 103. The molecule has 0 unspecified atom stereocenters. The second kappa shape index (κ2) is 80.6. The zero-order chi connectivity index (χ0) is 100. The first-order valence-corrected chi connectivity index (χ1v) is 37.9. The molecule has 0 fully saturated rings. The van der Waals surface area contributed by atoms with E-state index in [4.69, 9.17) is 44.9 Å². The number of hydrogen-bond acceptors (Lipinski definition) is 30. The Labute approximate surface area is 843 Å². The predicted octanol–water partition coefficient (Wildman–Crippen LogP) is 4.11. The van der Waals surface area contributed by atoms with Crippen molar-refractivity contribution in [1.82, 2.24) is 39.2 Å². The number of carbonyl (C=O) groups is 8. The van der Waals surface area contributed by atoms with Gasteiger partial charge in [0.15, 0.2) is 20.2 Å². The van der Waals surface area contributed by atoms with Crippen molar-refractivity contribution in [3.63, 3.8) is 0 Å². The van der Waals surface area contributed by atoms with Gasteiger partial charge in [0.05, 0.1) is 51.2 Å². The van der Waals surface area contributed by atoms with Crippen molar-refractivity contribution in [3.05, 3.63) is 192 Å². The fourth-order valence-electron chi connectivity index (χ4n) is 5.99. The number of ether oxygens (including phenoxy) is 4. The first-order chi connectivity index (χ1) is 59.5. The van der Waals surface area contributed by atoms with Gasteiger partial charge in [0.1, 0.15) is 23.0 Å². The minimum Gasteiger partial charge on any atom is -0.871 e. The van der Waals surface area contributed by atoms with Crippen molar-refractivity contribution >= 4 is 119 Å². The Bertz CT molecular complexity index is 4300. The molecule has 0 aliphatic rings. The zero-order valence-electron chi connectivity index (χ0n) is 74.4. The number of alkyl halides is 6. The molecule has 0 atom stereocenters. The van der Waals surface area contributed by atoms with Crippen molar-refractivity contribution in [2.24, 2.45) is 20.0 Å². The fraction of sp³-hybridized carbons (Fsp3) is 0.268. The van der Waals surface area contributed by atoms with E-state index < -0.39 is 31.3 Å². The van der Waals surface area contributed by atoms with Crippen LogP contribution < -0.4 is 59.8 Å². The van der Waals surface area contributed by atoms with Gasteiger partial charge in [-0.1, -0.05) is 167 Å². The van der Waals surface area contributed by atoms with Crippen LogP contribution in [0.25, 0.3) is 0 Å². The van der Waals surface area contributed by atoms with Crippen molar-refractivity contribution in [2.45, 2.75) is 11.0 Å². The van der Waals surface area contributed by atoms with Gasteiger partial charge in [-0.25, -0.2) is 16.8 Å². The van der Waals surface area contributed by atoms with Crippen LogP contribution >= 0.6 is 0 Å². The Morgan fingerprint density at radius 2 is 0.402 bits per heavy atom. The second-order valence-electron chi connectivity index (χ2n) is 24.8. The van der Waals surface area contributed by atoms with Crippen LogP contribution in [-0.2, 0) is 91.6 Å². The van der Waals surface area contributed by atoms with Crippen LogP contribution in [0.2, 0.25) is 0 Å². The molecule has 8 aromatic carbocycles. The molecule has 0 aliphatic heterocycles. The minimum absolute atomic E-state index is 0. The van der Waals surface area contributed by atoms with Crippen LogP contribution in [0.5, 0.6) is 69.0 Å². The zero-order valence-corrected chi connectivity index (χ0v) is 82.1. The Morgan fingerprint density at radius 1 is 0.280 bits per heavy atom. The van der Waals surface area contributed by atoms with Crippen LogP contribution in [0.15, 0.2) is 190 Å². The second-order valence-corrected chi connectivity index (χ2v) is 27.5. The summed E-state index contributed by atoms with van der Waals surface area (Å²) in [7, 11) is 20.6. The molecule has 2 radical (unpaired) electrons. The summed E-state index contributed by atoms with van der Waals surface area (Å²) in [5.41, 5.74) is -8.52. The number of carbonyl (C=O) groups excluding carboxylic acids is 8. The summed E-state index contributed by atoms with van der Waals surface area (Å²) < 4.78 is 138. The van der Waals surface area contributed by atoms with Crippen molar-refractivity contribution < 1.29 is 260 Å². The van der Waals surface area contributed by atoms with Crippen LogP contribution in [-0.4, -0.2) is 293 Å². The first-order valence-electron chi connectivity index (χ1n) is 35.1. The third kappa shape index (κ3) is 72.4. The molecule has 132 heavy (non-hydrogen) atoms. The van der Waals surface area contributed by atoms with Gasteiger partial charge < -0.3 is 108 Å². The van der Waals surface area contributed by atoms with Gasteiger partial charge in [-0.3, -0.25) is 58.3 Å². The molecule has 0 aromatic heterocycles. The molecular weight excluding hydrogens is 2190 g/mol. The number of para-hydroxylation sites is 12. The molecule has 0 N–H and O–H groups in total. The van der Waals surface area contributed by atoms with Crippen LogP contribution in [0.4, 0.5) is 49.1 Å². The van der Waals surface area contributed by atoms with E-state index in [0.29, 0.717) is 45.0 Å². The van der Waals surface area contributed by atoms with Gasteiger partial charge in [-0.05, 0) is 70.8 Å². The molecule has 0 heterocycles. The molecule has 740 valence electrons. The molecule has 50 heteroatoms. The fourth-order valence-corrected chi connectivity index (χ4v) is 5.99. The van der Waals surface area contributed by atoms with Gasteiger partial charge >= 0.3 is 82.2 Å². The van der Waals surface area contributed by atoms with Crippen LogP contribution in [0, 0.1) is 76.3 Å². The Hall–Kier alpha value is -11.3. The molecule has 8 aromatic rings. The van der Waals surface area contributed by atoms with Gasteiger partial charge in [0.25, 0.3) is 0 Å². The van der Waals surface area contributed by atoms with Crippen molar-refractivity contribution in [2.75, 3.05) is 141 Å². The monoisotopic (exact) mass is 2290 g/mol. The largest absolute Gasteiger partial charge is 3.00 e. The predicted molar refractivity (Wildman–Crippen MR) is 452 cm³/mol. The Morgan fingerprint density at radius 3 is 0.500 bits per heavy atom. The molecular formula is C82H100Dy2F6N12Ni2O26S2-2. The summed E-state index contributed by atoms with van der Waals surface area (Å²) in [6.07, 6.45) is 11.5. The van der Waals surface area contributed by atoms with E-state index in [1.54, 1.807) is 258 Å². The number of halogens is 6. The number of amides is 8. The van der Waals surface area contributed by atoms with Gasteiger partial charge in [-0.15, -0.1) is 0 Å². The van der Waals surface area contributed by atoms with E-state index in [1.165, 1.54) is 117 Å². The number of hydrogen-bond donors (Lipinski definition) is 0. The molecule has 0 bridgehead atoms. The normalized spacial score (nSPS) is 9.61.